The average Bonchev–Trinajstić information content (AvgIpc) is 2.57. The van der Waals surface area contributed by atoms with Crippen LogP contribution in [0.15, 0.2) is 42.6 Å². The van der Waals surface area contributed by atoms with Gasteiger partial charge in [-0.15, -0.1) is 0 Å². The van der Waals surface area contributed by atoms with Crippen LogP contribution in [0.2, 0.25) is 0 Å². The Morgan fingerprint density at radius 1 is 1.23 bits per heavy atom. The molecule has 0 atom stereocenters. The van der Waals surface area contributed by atoms with Gasteiger partial charge in [-0.1, -0.05) is 0 Å². The summed E-state index contributed by atoms with van der Waals surface area (Å²) >= 11 is 0. The molecule has 0 aliphatic heterocycles. The van der Waals surface area contributed by atoms with Crippen LogP contribution in [0.1, 0.15) is 13.8 Å². The van der Waals surface area contributed by atoms with E-state index in [0.717, 1.165) is 6.54 Å². The van der Waals surface area contributed by atoms with Gasteiger partial charge in [-0.05, 0) is 58.3 Å². The number of amides is 1. The average molecular weight is 361 g/mol. The number of carbonyl (C=O) groups excluding carboxylic acids is 1. The van der Waals surface area contributed by atoms with Gasteiger partial charge in [-0.3, -0.25) is 4.79 Å². The second-order valence-corrected chi connectivity index (χ2v) is 6.55. The fourth-order valence-corrected chi connectivity index (χ4v) is 2.02. The number of benzene rings is 1. The predicted molar refractivity (Wildman–Crippen MR) is 98.0 cm³/mol. The van der Waals surface area contributed by atoms with Crippen molar-refractivity contribution in [1.29, 1.82) is 0 Å². The smallest absolute Gasteiger partial charge is 0.267 e. The molecule has 1 heterocycles. The van der Waals surface area contributed by atoms with Crippen LogP contribution in [0.5, 0.6) is 11.6 Å². The third-order valence-corrected chi connectivity index (χ3v) is 3.51. The van der Waals surface area contributed by atoms with Gasteiger partial charge in [0.05, 0.1) is 0 Å². The Morgan fingerprint density at radius 2 is 1.92 bits per heavy atom. The first-order valence-electron chi connectivity index (χ1n) is 8.26. The van der Waals surface area contributed by atoms with Crippen molar-refractivity contribution in [3.05, 3.63) is 48.4 Å². The number of aromatic nitrogens is 1. The van der Waals surface area contributed by atoms with Gasteiger partial charge in [0.25, 0.3) is 5.91 Å². The van der Waals surface area contributed by atoms with E-state index in [2.05, 4.69) is 10.3 Å². The van der Waals surface area contributed by atoms with Crippen LogP contribution in [0, 0.1) is 5.82 Å². The summed E-state index contributed by atoms with van der Waals surface area (Å²) in [6.45, 7) is 4.54. The summed E-state index contributed by atoms with van der Waals surface area (Å²) in [5, 5.41) is 2.78. The second-order valence-electron chi connectivity index (χ2n) is 6.55. The molecule has 1 N–H and O–H groups in total. The molecule has 1 aromatic carbocycles. The van der Waals surface area contributed by atoms with E-state index < -0.39 is 5.60 Å². The topological polar surface area (TPSA) is 63.7 Å². The first kappa shape index (κ1) is 19.7. The third kappa shape index (κ3) is 6.00. The van der Waals surface area contributed by atoms with Crippen molar-refractivity contribution in [2.24, 2.45) is 0 Å². The van der Waals surface area contributed by atoms with Crippen molar-refractivity contribution < 1.29 is 18.7 Å². The number of anilines is 1. The number of carbonyl (C=O) groups is 1. The lowest BCUT2D eigenvalue weighted by Crippen LogP contribution is -2.42. The quantitative estimate of drug-likeness (QED) is 0.783. The normalized spacial score (nSPS) is 11.3. The number of hydrogen-bond acceptors (Lipinski definition) is 5. The summed E-state index contributed by atoms with van der Waals surface area (Å²) in [5.41, 5.74) is -0.590. The van der Waals surface area contributed by atoms with E-state index in [1.54, 1.807) is 32.2 Å². The van der Waals surface area contributed by atoms with Gasteiger partial charge in [0.2, 0.25) is 5.88 Å². The lowest BCUT2D eigenvalue weighted by atomic mass is 10.1. The molecule has 6 nitrogen and oxygen atoms in total. The van der Waals surface area contributed by atoms with Crippen molar-refractivity contribution in [3.8, 4) is 11.6 Å². The molecule has 0 spiro atoms. The fourth-order valence-electron chi connectivity index (χ4n) is 2.02. The lowest BCUT2D eigenvalue weighted by molar-refractivity contribution is -0.128. The van der Waals surface area contributed by atoms with Crippen LogP contribution < -0.4 is 14.8 Å². The molecule has 2 aromatic rings. The van der Waals surface area contributed by atoms with Crippen molar-refractivity contribution in [2.75, 3.05) is 32.6 Å². The van der Waals surface area contributed by atoms with E-state index in [4.69, 9.17) is 9.47 Å². The molecule has 0 saturated heterocycles. The minimum absolute atomic E-state index is 0.340. The molecule has 0 bridgehead atoms. The first-order valence-corrected chi connectivity index (χ1v) is 8.26. The van der Waals surface area contributed by atoms with E-state index in [1.807, 2.05) is 19.0 Å². The Hall–Kier alpha value is -2.67. The van der Waals surface area contributed by atoms with Gasteiger partial charge in [0.1, 0.15) is 18.2 Å². The molecular weight excluding hydrogens is 337 g/mol. The number of ether oxygens (including phenoxy) is 2. The standard InChI is InChI=1S/C19H24FN3O3/c1-19(2,26-16-7-5-14(20)6-8-16)18(24)22-15-9-10-21-17(13-15)25-12-11-23(3)4/h5-10,13H,11-12H2,1-4H3,(H,21,22,24). The molecule has 0 aliphatic carbocycles. The summed E-state index contributed by atoms with van der Waals surface area (Å²) in [4.78, 5) is 18.7. The summed E-state index contributed by atoms with van der Waals surface area (Å²) in [6, 6.07) is 8.85. The maximum absolute atomic E-state index is 13.0. The molecule has 1 amide bonds. The number of halogens is 1. The van der Waals surface area contributed by atoms with Crippen LogP contribution in [-0.2, 0) is 4.79 Å². The summed E-state index contributed by atoms with van der Waals surface area (Å²) in [5.74, 6) is 0.140. The highest BCUT2D eigenvalue weighted by Gasteiger charge is 2.30. The number of pyridine rings is 1. The molecule has 0 unspecified atom stereocenters. The summed E-state index contributed by atoms with van der Waals surface area (Å²) in [7, 11) is 3.91. The van der Waals surface area contributed by atoms with Crippen LogP contribution >= 0.6 is 0 Å². The SMILES string of the molecule is CN(C)CCOc1cc(NC(=O)C(C)(C)Oc2ccc(F)cc2)ccn1. The van der Waals surface area contributed by atoms with Gasteiger partial charge < -0.3 is 19.7 Å². The van der Waals surface area contributed by atoms with Gasteiger partial charge in [0, 0.05) is 24.5 Å². The number of hydrogen-bond donors (Lipinski definition) is 1. The van der Waals surface area contributed by atoms with Gasteiger partial charge in [-0.2, -0.15) is 0 Å². The van der Waals surface area contributed by atoms with Crippen LogP contribution in [0.25, 0.3) is 0 Å². The molecule has 0 aliphatic rings. The molecule has 0 fully saturated rings. The lowest BCUT2D eigenvalue weighted by Gasteiger charge is -2.25. The maximum atomic E-state index is 13.0. The Labute approximate surface area is 152 Å². The monoisotopic (exact) mass is 361 g/mol. The Morgan fingerprint density at radius 3 is 2.58 bits per heavy atom. The van der Waals surface area contributed by atoms with Crippen molar-refractivity contribution in [1.82, 2.24) is 9.88 Å². The number of nitrogens with one attached hydrogen (secondary N) is 1. The highest BCUT2D eigenvalue weighted by Crippen LogP contribution is 2.21. The molecule has 26 heavy (non-hydrogen) atoms. The number of rotatable bonds is 8. The zero-order valence-electron chi connectivity index (χ0n) is 15.5. The van der Waals surface area contributed by atoms with E-state index >= 15 is 0 Å². The molecule has 0 radical (unpaired) electrons. The first-order chi connectivity index (χ1) is 12.3. The van der Waals surface area contributed by atoms with Crippen molar-refractivity contribution in [3.63, 3.8) is 0 Å². The summed E-state index contributed by atoms with van der Waals surface area (Å²) in [6.07, 6.45) is 1.56. The van der Waals surface area contributed by atoms with Crippen molar-refractivity contribution in [2.45, 2.75) is 19.4 Å². The second kappa shape index (κ2) is 8.62. The van der Waals surface area contributed by atoms with Gasteiger partial charge in [-0.25, -0.2) is 9.37 Å². The third-order valence-electron chi connectivity index (χ3n) is 3.51. The minimum Gasteiger partial charge on any atom is -0.478 e. The van der Waals surface area contributed by atoms with Gasteiger partial charge in [0.15, 0.2) is 5.60 Å². The molecule has 7 heteroatoms. The predicted octanol–water partition coefficient (Wildman–Crippen LogP) is 2.96. The fraction of sp³-hybridized carbons (Fsp3) is 0.368. The molecule has 140 valence electrons. The van der Waals surface area contributed by atoms with E-state index in [9.17, 15) is 9.18 Å². The number of nitrogens with zero attached hydrogens (tertiary/aromatic N) is 2. The zero-order chi connectivity index (χ0) is 19.2. The molecule has 1 aromatic heterocycles. The van der Waals surface area contributed by atoms with Crippen LogP contribution in [-0.4, -0.2) is 48.6 Å². The van der Waals surface area contributed by atoms with E-state index in [0.29, 0.717) is 23.9 Å². The Balaban J connectivity index is 1.98. The van der Waals surface area contributed by atoms with Crippen LogP contribution in [0.3, 0.4) is 0 Å². The Bertz CT molecular complexity index is 733. The molecule has 2 rings (SSSR count). The Kier molecular flexibility index (Phi) is 6.52. The zero-order valence-corrected chi connectivity index (χ0v) is 15.5. The highest BCUT2D eigenvalue weighted by molar-refractivity contribution is 5.97. The van der Waals surface area contributed by atoms with Gasteiger partial charge >= 0.3 is 0 Å². The molecular formula is C19H24FN3O3. The largest absolute Gasteiger partial charge is 0.478 e. The van der Waals surface area contributed by atoms with E-state index in [-0.39, 0.29) is 11.7 Å². The van der Waals surface area contributed by atoms with E-state index in [1.165, 1.54) is 24.3 Å². The minimum atomic E-state index is -1.15. The summed E-state index contributed by atoms with van der Waals surface area (Å²) < 4.78 is 24.2. The van der Waals surface area contributed by atoms with Crippen molar-refractivity contribution >= 4 is 11.6 Å². The van der Waals surface area contributed by atoms with Crippen LogP contribution in [0.4, 0.5) is 10.1 Å². The highest BCUT2D eigenvalue weighted by atomic mass is 19.1. The number of likely N-dealkylation sites (N-methyl/N-ethyl adjacent to an activating group) is 1. The maximum Gasteiger partial charge on any atom is 0.267 e. The molecule has 0 saturated carbocycles.